The van der Waals surface area contributed by atoms with Crippen molar-refractivity contribution in [1.29, 1.82) is 0 Å². The number of furan rings is 1. The van der Waals surface area contributed by atoms with Crippen LogP contribution in [-0.2, 0) is 10.6 Å². The Balaban J connectivity index is 1.54. The van der Waals surface area contributed by atoms with Crippen LogP contribution in [0, 0.1) is 0 Å². The van der Waals surface area contributed by atoms with Gasteiger partial charge in [-0.05, 0) is 36.7 Å². The van der Waals surface area contributed by atoms with Crippen LogP contribution in [0.25, 0.3) is 16.8 Å². The maximum absolute atomic E-state index is 14.1. The minimum atomic E-state index is -4.78. The molecule has 1 fully saturated rings. The SMILES string of the molecule is CC(C)(C)[Si](C)(C)OC1CN(C(=O)c2nc3c(C(F)(F)F)cc(-c4ccoc4)cn3c2Cl)CCC1n1c(O)coc1=O. The molecule has 5 heterocycles. The highest BCUT2D eigenvalue weighted by Crippen LogP contribution is 2.41. The van der Waals surface area contributed by atoms with Crippen molar-refractivity contribution in [2.75, 3.05) is 13.1 Å². The summed E-state index contributed by atoms with van der Waals surface area (Å²) in [5.74, 6) is -1.82. The lowest BCUT2D eigenvalue weighted by Gasteiger charge is -2.45. The first kappa shape index (κ1) is 30.0. The van der Waals surface area contributed by atoms with E-state index in [-0.39, 0.29) is 46.8 Å². The molecule has 15 heteroatoms. The van der Waals surface area contributed by atoms with Gasteiger partial charge < -0.3 is 23.3 Å². The molecule has 2 atom stereocenters. The first-order valence-corrected chi connectivity index (χ1v) is 16.5. The molecule has 0 spiro atoms. The number of hydrogen-bond donors (Lipinski definition) is 1. The lowest BCUT2D eigenvalue weighted by Crippen LogP contribution is -2.54. The Bertz CT molecular complexity index is 1690. The Morgan fingerprint density at radius 1 is 1.21 bits per heavy atom. The molecule has 1 saturated heterocycles. The van der Waals surface area contributed by atoms with Crippen molar-refractivity contribution in [3.63, 3.8) is 0 Å². The number of imidazole rings is 1. The number of nitrogens with zero attached hydrogens (tertiary/aromatic N) is 4. The predicted molar refractivity (Wildman–Crippen MR) is 149 cm³/mol. The minimum Gasteiger partial charge on any atom is -0.492 e. The van der Waals surface area contributed by atoms with Crippen LogP contribution in [0.5, 0.6) is 5.88 Å². The fraction of sp³-hybridized carbons (Fsp3) is 0.444. The van der Waals surface area contributed by atoms with E-state index < -0.39 is 49.5 Å². The van der Waals surface area contributed by atoms with Crippen LogP contribution in [0.2, 0.25) is 23.3 Å². The van der Waals surface area contributed by atoms with Crippen LogP contribution in [0.3, 0.4) is 0 Å². The molecule has 4 aromatic heterocycles. The second kappa shape index (κ2) is 10.3. The zero-order valence-corrected chi connectivity index (χ0v) is 25.3. The number of fused-ring (bicyclic) bond motifs is 1. The van der Waals surface area contributed by atoms with Crippen molar-refractivity contribution < 1.29 is 36.3 Å². The molecular weight excluding hydrogens is 597 g/mol. The molecule has 0 radical (unpaired) electrons. The smallest absolute Gasteiger partial charge is 0.422 e. The molecule has 1 aliphatic rings. The third-order valence-electron chi connectivity index (χ3n) is 8.13. The number of alkyl halides is 3. The lowest BCUT2D eigenvalue weighted by molar-refractivity contribution is -0.136. The average molecular weight is 627 g/mol. The fourth-order valence-corrected chi connectivity index (χ4v) is 6.46. The third-order valence-corrected chi connectivity index (χ3v) is 13.0. The van der Waals surface area contributed by atoms with Gasteiger partial charge in [0, 0.05) is 30.4 Å². The number of likely N-dealkylation sites (tertiary alicyclic amines) is 1. The zero-order chi connectivity index (χ0) is 30.8. The standard InChI is InChI=1S/C27H30ClF3N4O6Si/c1-26(2,3)42(4,5)41-19-12-33(8-6-18(19)35-20(36)14-40-25(35)38)24(37)21-22(28)34-11-16(15-7-9-39-13-15)10-17(23(34)32-21)27(29,30)31/h7,9-11,13-14,18-19,36H,6,8,12H2,1-5H3. The van der Waals surface area contributed by atoms with Crippen LogP contribution in [-0.4, -0.2) is 57.4 Å². The summed E-state index contributed by atoms with van der Waals surface area (Å²) in [4.78, 5) is 31.7. The van der Waals surface area contributed by atoms with Gasteiger partial charge >= 0.3 is 11.9 Å². The van der Waals surface area contributed by atoms with Gasteiger partial charge in [0.15, 0.2) is 25.9 Å². The Kier molecular flexibility index (Phi) is 7.39. The van der Waals surface area contributed by atoms with E-state index in [0.29, 0.717) is 5.56 Å². The quantitative estimate of drug-likeness (QED) is 0.262. The van der Waals surface area contributed by atoms with Crippen LogP contribution < -0.4 is 5.76 Å². The van der Waals surface area contributed by atoms with Gasteiger partial charge in [0.2, 0.25) is 5.88 Å². The van der Waals surface area contributed by atoms with E-state index in [1.807, 2.05) is 33.9 Å². The van der Waals surface area contributed by atoms with Gasteiger partial charge in [-0.3, -0.25) is 9.20 Å². The molecule has 226 valence electrons. The highest BCUT2D eigenvalue weighted by molar-refractivity contribution is 6.74. The largest absolute Gasteiger partial charge is 0.492 e. The Morgan fingerprint density at radius 3 is 2.50 bits per heavy atom. The summed E-state index contributed by atoms with van der Waals surface area (Å²) < 4.78 is 61.0. The molecule has 5 rings (SSSR count). The Morgan fingerprint density at radius 2 is 1.93 bits per heavy atom. The van der Waals surface area contributed by atoms with Crippen molar-refractivity contribution in [3.05, 3.63) is 64.1 Å². The van der Waals surface area contributed by atoms with E-state index in [9.17, 15) is 27.9 Å². The normalized spacial score (nSPS) is 18.6. The van der Waals surface area contributed by atoms with Crippen LogP contribution >= 0.6 is 11.6 Å². The number of piperidine rings is 1. The summed E-state index contributed by atoms with van der Waals surface area (Å²) in [6, 6.07) is 1.79. The molecular formula is C27H30ClF3N4O6Si. The van der Waals surface area contributed by atoms with Crippen LogP contribution in [0.15, 0.2) is 50.7 Å². The summed E-state index contributed by atoms with van der Waals surface area (Å²) in [6.45, 7) is 10.2. The number of hydrogen-bond acceptors (Lipinski definition) is 7. The van der Waals surface area contributed by atoms with E-state index in [1.165, 1.54) is 29.7 Å². The first-order chi connectivity index (χ1) is 19.5. The lowest BCUT2D eigenvalue weighted by atomic mass is 10.0. The highest BCUT2D eigenvalue weighted by Gasteiger charge is 2.45. The second-order valence-electron chi connectivity index (χ2n) is 11.9. The molecule has 1 amide bonds. The van der Waals surface area contributed by atoms with Gasteiger partial charge in [-0.15, -0.1) is 0 Å². The maximum Gasteiger partial charge on any atom is 0.422 e. The third kappa shape index (κ3) is 5.26. The van der Waals surface area contributed by atoms with Crippen molar-refractivity contribution >= 4 is 31.5 Å². The predicted octanol–water partition coefficient (Wildman–Crippen LogP) is 6.20. The zero-order valence-electron chi connectivity index (χ0n) is 23.5. The summed E-state index contributed by atoms with van der Waals surface area (Å²) >= 11 is 6.53. The summed E-state index contributed by atoms with van der Waals surface area (Å²) in [7, 11) is -2.47. The average Bonchev–Trinajstić information content (AvgIpc) is 3.62. The van der Waals surface area contributed by atoms with Crippen molar-refractivity contribution in [2.24, 2.45) is 0 Å². The van der Waals surface area contributed by atoms with Crippen molar-refractivity contribution in [2.45, 2.75) is 63.6 Å². The van der Waals surface area contributed by atoms with E-state index in [2.05, 4.69) is 4.98 Å². The minimum absolute atomic E-state index is 0.0241. The molecule has 2 unspecified atom stereocenters. The molecule has 0 saturated carbocycles. The molecule has 1 aliphatic heterocycles. The van der Waals surface area contributed by atoms with Crippen LogP contribution in [0.4, 0.5) is 13.2 Å². The van der Waals surface area contributed by atoms with Gasteiger partial charge in [-0.25, -0.2) is 14.3 Å². The molecule has 0 aromatic carbocycles. The Hall–Kier alpha value is -3.49. The summed E-state index contributed by atoms with van der Waals surface area (Å²) in [5.41, 5.74) is -1.35. The van der Waals surface area contributed by atoms with Crippen LogP contribution in [0.1, 0.15) is 49.3 Å². The summed E-state index contributed by atoms with van der Waals surface area (Å²) in [5, 5.41) is 9.83. The molecule has 42 heavy (non-hydrogen) atoms. The van der Waals surface area contributed by atoms with Gasteiger partial charge in [0.25, 0.3) is 5.91 Å². The maximum atomic E-state index is 14.1. The van der Waals surface area contributed by atoms with Crippen molar-refractivity contribution in [3.8, 4) is 17.0 Å². The van der Waals surface area contributed by atoms with Gasteiger partial charge in [0.05, 0.1) is 30.2 Å². The molecule has 10 nitrogen and oxygen atoms in total. The number of aromatic nitrogens is 3. The number of pyridine rings is 1. The van der Waals surface area contributed by atoms with Crippen molar-refractivity contribution in [1.82, 2.24) is 18.9 Å². The molecule has 4 aromatic rings. The van der Waals surface area contributed by atoms with E-state index in [0.717, 1.165) is 21.3 Å². The first-order valence-electron chi connectivity index (χ1n) is 13.2. The highest BCUT2D eigenvalue weighted by atomic mass is 35.5. The number of rotatable bonds is 5. The van der Waals surface area contributed by atoms with E-state index in [4.69, 9.17) is 24.9 Å². The second-order valence-corrected chi connectivity index (χ2v) is 17.0. The number of aromatic hydroxyl groups is 1. The van der Waals surface area contributed by atoms with E-state index in [1.54, 1.807) is 0 Å². The number of oxazole rings is 1. The van der Waals surface area contributed by atoms with Gasteiger partial charge in [0.1, 0.15) is 5.15 Å². The molecule has 1 N–H and O–H groups in total. The number of carbonyl (C=O) groups is 1. The number of carbonyl (C=O) groups excluding carboxylic acids is 1. The summed E-state index contributed by atoms with van der Waals surface area (Å²) in [6.07, 6.45) is -0.383. The Labute approximate surface area is 244 Å². The molecule has 0 bridgehead atoms. The van der Waals surface area contributed by atoms with E-state index >= 15 is 0 Å². The van der Waals surface area contributed by atoms with Gasteiger partial charge in [-0.1, -0.05) is 32.4 Å². The fourth-order valence-electron chi connectivity index (χ4n) is 4.87. The monoisotopic (exact) mass is 626 g/mol. The molecule has 0 aliphatic carbocycles. The topological polar surface area (TPSA) is 115 Å². The number of halogens is 4. The number of amides is 1. The van der Waals surface area contributed by atoms with Gasteiger partial charge in [-0.2, -0.15) is 13.2 Å².